The van der Waals surface area contributed by atoms with Gasteiger partial charge in [0.05, 0.1) is 21.3 Å². The number of nitrogens with two attached hydrogens (primary N) is 1. The fourth-order valence-corrected chi connectivity index (χ4v) is 1.48. The SMILES string of the molecule is COc1ccc([C@@H](C)N)c(OC)c1OC.Cl. The van der Waals surface area contributed by atoms with E-state index in [0.29, 0.717) is 17.2 Å². The van der Waals surface area contributed by atoms with Crippen molar-refractivity contribution in [2.45, 2.75) is 13.0 Å². The molecule has 0 heterocycles. The monoisotopic (exact) mass is 247 g/mol. The third-order valence-electron chi connectivity index (χ3n) is 2.23. The molecule has 1 atom stereocenters. The molecule has 2 N–H and O–H groups in total. The fourth-order valence-electron chi connectivity index (χ4n) is 1.48. The number of methoxy groups -OCH3 is 3. The van der Waals surface area contributed by atoms with Crippen LogP contribution in [0, 0.1) is 0 Å². The van der Waals surface area contributed by atoms with Crippen molar-refractivity contribution in [1.29, 1.82) is 0 Å². The van der Waals surface area contributed by atoms with Gasteiger partial charge < -0.3 is 19.9 Å². The van der Waals surface area contributed by atoms with Crippen LogP contribution in [0.15, 0.2) is 12.1 Å². The lowest BCUT2D eigenvalue weighted by Crippen LogP contribution is -2.08. The molecule has 16 heavy (non-hydrogen) atoms. The first-order valence-electron chi connectivity index (χ1n) is 4.70. The van der Waals surface area contributed by atoms with Crippen LogP contribution in [-0.2, 0) is 0 Å². The first-order chi connectivity index (χ1) is 7.15. The van der Waals surface area contributed by atoms with Gasteiger partial charge in [0.15, 0.2) is 11.5 Å². The van der Waals surface area contributed by atoms with Crippen LogP contribution in [0.2, 0.25) is 0 Å². The van der Waals surface area contributed by atoms with Gasteiger partial charge in [-0.3, -0.25) is 0 Å². The van der Waals surface area contributed by atoms with E-state index in [1.807, 2.05) is 19.1 Å². The number of benzene rings is 1. The van der Waals surface area contributed by atoms with Gasteiger partial charge in [-0.25, -0.2) is 0 Å². The third kappa shape index (κ3) is 2.71. The highest BCUT2D eigenvalue weighted by Crippen LogP contribution is 2.41. The average Bonchev–Trinajstić information content (AvgIpc) is 2.26. The molecule has 5 heteroatoms. The minimum atomic E-state index is -0.111. The summed E-state index contributed by atoms with van der Waals surface area (Å²) in [5, 5.41) is 0. The number of ether oxygens (including phenoxy) is 3. The summed E-state index contributed by atoms with van der Waals surface area (Å²) in [7, 11) is 4.75. The summed E-state index contributed by atoms with van der Waals surface area (Å²) in [5.74, 6) is 1.85. The van der Waals surface area contributed by atoms with Crippen LogP contribution in [0.4, 0.5) is 0 Å². The second-order valence-corrected chi connectivity index (χ2v) is 3.21. The molecule has 1 aromatic carbocycles. The van der Waals surface area contributed by atoms with E-state index in [4.69, 9.17) is 19.9 Å². The van der Waals surface area contributed by atoms with Crippen LogP contribution in [0.25, 0.3) is 0 Å². The summed E-state index contributed by atoms with van der Waals surface area (Å²) >= 11 is 0. The van der Waals surface area contributed by atoms with E-state index in [0.717, 1.165) is 5.56 Å². The van der Waals surface area contributed by atoms with E-state index in [2.05, 4.69) is 0 Å². The minimum Gasteiger partial charge on any atom is -0.493 e. The van der Waals surface area contributed by atoms with Gasteiger partial charge in [-0.05, 0) is 19.1 Å². The Morgan fingerprint density at radius 3 is 1.94 bits per heavy atom. The summed E-state index contributed by atoms with van der Waals surface area (Å²) < 4.78 is 15.7. The van der Waals surface area contributed by atoms with E-state index in [-0.39, 0.29) is 18.4 Å². The molecule has 0 radical (unpaired) electrons. The van der Waals surface area contributed by atoms with Gasteiger partial charge in [0.2, 0.25) is 5.75 Å². The Labute approximate surface area is 102 Å². The molecular weight excluding hydrogens is 230 g/mol. The molecule has 0 unspecified atom stereocenters. The molecule has 0 fully saturated rings. The molecule has 0 saturated heterocycles. The van der Waals surface area contributed by atoms with Crippen LogP contribution in [-0.4, -0.2) is 21.3 Å². The molecule has 4 nitrogen and oxygen atoms in total. The van der Waals surface area contributed by atoms with Crippen molar-refractivity contribution in [2.24, 2.45) is 5.73 Å². The van der Waals surface area contributed by atoms with Crippen molar-refractivity contribution in [3.8, 4) is 17.2 Å². The molecule has 0 amide bonds. The van der Waals surface area contributed by atoms with E-state index < -0.39 is 0 Å². The van der Waals surface area contributed by atoms with E-state index in [1.54, 1.807) is 21.3 Å². The summed E-state index contributed by atoms with van der Waals surface area (Å²) in [4.78, 5) is 0. The van der Waals surface area contributed by atoms with Crippen molar-refractivity contribution < 1.29 is 14.2 Å². The quantitative estimate of drug-likeness (QED) is 0.886. The Morgan fingerprint density at radius 1 is 1.00 bits per heavy atom. The van der Waals surface area contributed by atoms with E-state index in [1.165, 1.54) is 0 Å². The Kier molecular flexibility index (Phi) is 6.00. The van der Waals surface area contributed by atoms with Gasteiger partial charge in [-0.2, -0.15) is 0 Å². The van der Waals surface area contributed by atoms with Crippen LogP contribution < -0.4 is 19.9 Å². The lowest BCUT2D eigenvalue weighted by Gasteiger charge is -2.17. The highest BCUT2D eigenvalue weighted by atomic mass is 35.5. The Morgan fingerprint density at radius 2 is 1.56 bits per heavy atom. The molecule has 0 bridgehead atoms. The van der Waals surface area contributed by atoms with Gasteiger partial charge in [-0.1, -0.05) is 0 Å². The van der Waals surface area contributed by atoms with Crippen molar-refractivity contribution in [3.63, 3.8) is 0 Å². The van der Waals surface area contributed by atoms with Crippen molar-refractivity contribution in [3.05, 3.63) is 17.7 Å². The smallest absolute Gasteiger partial charge is 0.203 e. The number of hydrogen-bond acceptors (Lipinski definition) is 4. The predicted molar refractivity (Wildman–Crippen MR) is 65.9 cm³/mol. The number of hydrogen-bond donors (Lipinski definition) is 1. The first kappa shape index (κ1) is 14.9. The number of halogens is 1. The summed E-state index contributed by atoms with van der Waals surface area (Å²) in [6.45, 7) is 1.89. The first-order valence-corrected chi connectivity index (χ1v) is 4.70. The molecule has 0 aliphatic carbocycles. The largest absolute Gasteiger partial charge is 0.493 e. The topological polar surface area (TPSA) is 53.7 Å². The molecule has 0 aliphatic heterocycles. The van der Waals surface area contributed by atoms with Gasteiger partial charge in [0.1, 0.15) is 0 Å². The Balaban J connectivity index is 0.00000225. The standard InChI is InChI=1S/C11H17NO3.ClH/c1-7(12)8-5-6-9(13-2)11(15-4)10(8)14-3;/h5-7H,12H2,1-4H3;1H/t7-;/m1./s1. The maximum atomic E-state index is 5.83. The fraction of sp³-hybridized carbons (Fsp3) is 0.455. The zero-order valence-electron chi connectivity index (χ0n) is 9.94. The normalized spacial score (nSPS) is 11.3. The highest BCUT2D eigenvalue weighted by Gasteiger charge is 2.17. The highest BCUT2D eigenvalue weighted by molar-refractivity contribution is 5.85. The van der Waals surface area contributed by atoms with Crippen LogP contribution in [0.1, 0.15) is 18.5 Å². The predicted octanol–water partition coefficient (Wildman–Crippen LogP) is 2.15. The lowest BCUT2D eigenvalue weighted by molar-refractivity contribution is 0.321. The molecule has 0 aromatic heterocycles. The van der Waals surface area contributed by atoms with E-state index >= 15 is 0 Å². The molecule has 1 rings (SSSR count). The molecule has 0 saturated carbocycles. The maximum Gasteiger partial charge on any atom is 0.203 e. The van der Waals surface area contributed by atoms with Gasteiger partial charge in [-0.15, -0.1) is 12.4 Å². The van der Waals surface area contributed by atoms with E-state index in [9.17, 15) is 0 Å². The average molecular weight is 248 g/mol. The van der Waals surface area contributed by atoms with Crippen LogP contribution in [0.5, 0.6) is 17.2 Å². The summed E-state index contributed by atoms with van der Waals surface area (Å²) in [6.07, 6.45) is 0. The molecule has 0 spiro atoms. The molecule has 0 aliphatic rings. The lowest BCUT2D eigenvalue weighted by atomic mass is 10.1. The second kappa shape index (κ2) is 6.45. The summed E-state index contributed by atoms with van der Waals surface area (Å²) in [5.41, 5.74) is 6.73. The van der Waals surface area contributed by atoms with Gasteiger partial charge >= 0.3 is 0 Å². The van der Waals surface area contributed by atoms with Gasteiger partial charge in [0, 0.05) is 11.6 Å². The zero-order chi connectivity index (χ0) is 11.4. The van der Waals surface area contributed by atoms with Crippen LogP contribution in [0.3, 0.4) is 0 Å². The van der Waals surface area contributed by atoms with Gasteiger partial charge in [0.25, 0.3) is 0 Å². The Bertz CT molecular complexity index is 342. The third-order valence-corrected chi connectivity index (χ3v) is 2.23. The van der Waals surface area contributed by atoms with Crippen molar-refractivity contribution in [2.75, 3.05) is 21.3 Å². The zero-order valence-corrected chi connectivity index (χ0v) is 10.8. The molecular formula is C11H18ClNO3. The van der Waals surface area contributed by atoms with Crippen LogP contribution >= 0.6 is 12.4 Å². The maximum absolute atomic E-state index is 5.83. The van der Waals surface area contributed by atoms with Crippen molar-refractivity contribution in [1.82, 2.24) is 0 Å². The molecule has 1 aromatic rings. The summed E-state index contributed by atoms with van der Waals surface area (Å²) in [6, 6.07) is 3.59. The number of rotatable bonds is 4. The Hall–Kier alpha value is -1.13. The molecule has 92 valence electrons. The minimum absolute atomic E-state index is 0. The second-order valence-electron chi connectivity index (χ2n) is 3.21. The van der Waals surface area contributed by atoms with Crippen molar-refractivity contribution >= 4 is 12.4 Å².